The number of hydrogen-bond acceptors (Lipinski definition) is 4. The maximum atomic E-state index is 14.2. The van der Waals surface area contributed by atoms with Gasteiger partial charge in [0.05, 0.1) is 27.6 Å². The average Bonchev–Trinajstić information content (AvgIpc) is 2.93. The number of phenolic OH excluding ortho intramolecular Hbond substituents is 1. The zero-order valence-corrected chi connectivity index (χ0v) is 18.3. The van der Waals surface area contributed by atoms with Crippen molar-refractivity contribution in [1.82, 2.24) is 4.57 Å². The van der Waals surface area contributed by atoms with Gasteiger partial charge in [-0.2, -0.15) is 0 Å². The molecule has 5 nitrogen and oxygen atoms in total. The maximum Gasteiger partial charge on any atom is 0.313 e. The molecule has 0 saturated carbocycles. The van der Waals surface area contributed by atoms with Gasteiger partial charge in [0, 0.05) is 22.7 Å². The van der Waals surface area contributed by atoms with Crippen molar-refractivity contribution < 1.29 is 23.8 Å². The number of rotatable bonds is 4. The van der Waals surface area contributed by atoms with E-state index in [1.807, 2.05) is 0 Å². The monoisotopic (exact) mass is 451 g/mol. The first-order chi connectivity index (χ1) is 14.0. The highest BCUT2D eigenvalue weighted by Crippen LogP contribution is 2.36. The first-order valence-electron chi connectivity index (χ1n) is 9.26. The predicted molar refractivity (Wildman–Crippen MR) is 114 cm³/mol. The predicted octanol–water partition coefficient (Wildman–Crippen LogP) is 5.84. The molecule has 0 amide bonds. The molecule has 158 valence electrons. The number of carbonyl (C=O) groups is 2. The Balaban J connectivity index is 2.25. The van der Waals surface area contributed by atoms with E-state index in [0.717, 1.165) is 6.07 Å². The number of benzene rings is 2. The molecule has 0 radical (unpaired) electrons. The summed E-state index contributed by atoms with van der Waals surface area (Å²) < 4.78 is 20.8. The molecule has 1 heterocycles. The van der Waals surface area contributed by atoms with Gasteiger partial charge < -0.3 is 9.84 Å². The van der Waals surface area contributed by atoms with Crippen LogP contribution in [-0.4, -0.2) is 27.7 Å². The molecule has 0 aliphatic rings. The zero-order chi connectivity index (χ0) is 22.3. The molecule has 0 spiro atoms. The van der Waals surface area contributed by atoms with E-state index >= 15 is 0 Å². The van der Waals surface area contributed by atoms with E-state index < -0.39 is 29.4 Å². The second kappa shape index (κ2) is 8.28. The Morgan fingerprint density at radius 1 is 1.10 bits per heavy atom. The first-order valence-corrected chi connectivity index (χ1v) is 10.0. The number of nitrogens with zero attached hydrogens (tertiary/aromatic N) is 1. The fourth-order valence-corrected chi connectivity index (χ4v) is 3.76. The summed E-state index contributed by atoms with van der Waals surface area (Å²) in [5.41, 5.74) is 1.36. The number of aromatic nitrogens is 1. The number of phenols is 1. The van der Waals surface area contributed by atoms with Gasteiger partial charge in [-0.1, -0.05) is 23.2 Å². The topological polar surface area (TPSA) is 68.5 Å². The summed E-state index contributed by atoms with van der Waals surface area (Å²) in [7, 11) is 0. The molecular formula is C22H20Cl2FNO4. The Kier molecular flexibility index (Phi) is 6.11. The number of ether oxygens (including phenoxy) is 1. The van der Waals surface area contributed by atoms with Crippen molar-refractivity contribution in [3.8, 4) is 5.75 Å². The summed E-state index contributed by atoms with van der Waals surface area (Å²) in [5.74, 6) is -3.17. The largest absolute Gasteiger partial charge is 0.505 e. The highest BCUT2D eigenvalue weighted by atomic mass is 35.5. The van der Waals surface area contributed by atoms with Crippen LogP contribution in [0, 0.1) is 12.7 Å². The lowest BCUT2D eigenvalue weighted by atomic mass is 9.97. The minimum Gasteiger partial charge on any atom is -0.505 e. The van der Waals surface area contributed by atoms with Crippen LogP contribution in [0.3, 0.4) is 0 Å². The summed E-state index contributed by atoms with van der Waals surface area (Å²) in [6, 6.07) is 6.70. The Bertz CT molecular complexity index is 1170. The van der Waals surface area contributed by atoms with Gasteiger partial charge in [0.1, 0.15) is 0 Å². The van der Waals surface area contributed by atoms with Crippen molar-refractivity contribution in [2.45, 2.75) is 39.7 Å². The van der Waals surface area contributed by atoms with Crippen LogP contribution in [0.5, 0.6) is 5.75 Å². The standard InChI is InChI=1S/C22H20Cl2FNO4/c1-10(2)30-22(29)11(3)20-12(4)26(18-9-17(25)19(27)8-14(18)20)21(28)13-5-6-15(23)16(24)7-13/h5-11,27H,1-4H3/t11-/m0/s1. The molecule has 1 atom stereocenters. The van der Waals surface area contributed by atoms with Gasteiger partial charge >= 0.3 is 5.97 Å². The molecular weight excluding hydrogens is 432 g/mol. The second-order valence-corrected chi connectivity index (χ2v) is 8.11. The van der Waals surface area contributed by atoms with Crippen molar-refractivity contribution in [2.75, 3.05) is 0 Å². The quantitative estimate of drug-likeness (QED) is 0.505. The Morgan fingerprint density at radius 3 is 2.37 bits per heavy atom. The first kappa shape index (κ1) is 22.1. The highest BCUT2D eigenvalue weighted by molar-refractivity contribution is 6.42. The molecule has 3 aromatic rings. The van der Waals surface area contributed by atoms with Crippen molar-refractivity contribution in [3.63, 3.8) is 0 Å². The summed E-state index contributed by atoms with van der Waals surface area (Å²) in [5, 5.41) is 10.8. The number of fused-ring (bicyclic) bond motifs is 1. The third-order valence-corrected chi connectivity index (χ3v) is 5.57. The van der Waals surface area contributed by atoms with Crippen LogP contribution in [0.15, 0.2) is 30.3 Å². The fourth-order valence-electron chi connectivity index (χ4n) is 3.47. The molecule has 30 heavy (non-hydrogen) atoms. The summed E-state index contributed by atoms with van der Waals surface area (Å²) >= 11 is 12.0. The molecule has 0 bridgehead atoms. The Morgan fingerprint density at radius 2 is 1.77 bits per heavy atom. The molecule has 0 aliphatic heterocycles. The molecule has 3 rings (SSSR count). The van der Waals surface area contributed by atoms with Gasteiger partial charge in [0.15, 0.2) is 11.6 Å². The van der Waals surface area contributed by atoms with Crippen LogP contribution in [0.25, 0.3) is 10.9 Å². The van der Waals surface area contributed by atoms with Crippen LogP contribution in [-0.2, 0) is 9.53 Å². The molecule has 2 aromatic carbocycles. The third kappa shape index (κ3) is 3.89. The van der Waals surface area contributed by atoms with Gasteiger partial charge in [-0.05, 0) is 57.5 Å². The SMILES string of the molecule is Cc1c([C@H](C)C(=O)OC(C)C)c2cc(O)c(F)cc2n1C(=O)c1ccc(Cl)c(Cl)c1. The molecule has 0 aliphatic carbocycles. The number of aromatic hydroxyl groups is 1. The van der Waals surface area contributed by atoms with E-state index in [-0.39, 0.29) is 22.2 Å². The van der Waals surface area contributed by atoms with Crippen LogP contribution in [0.4, 0.5) is 4.39 Å². The Hall–Kier alpha value is -2.57. The molecule has 1 N–H and O–H groups in total. The molecule has 0 saturated heterocycles. The minimum absolute atomic E-state index is 0.203. The number of hydrogen-bond donors (Lipinski definition) is 1. The highest BCUT2D eigenvalue weighted by Gasteiger charge is 2.29. The lowest BCUT2D eigenvalue weighted by Gasteiger charge is -2.15. The lowest BCUT2D eigenvalue weighted by Crippen LogP contribution is -2.19. The summed E-state index contributed by atoms with van der Waals surface area (Å²) in [6.07, 6.45) is -0.322. The molecule has 0 unspecified atom stereocenters. The number of esters is 1. The van der Waals surface area contributed by atoms with Crippen molar-refractivity contribution in [3.05, 3.63) is 63.0 Å². The number of halogens is 3. The lowest BCUT2D eigenvalue weighted by molar-refractivity contribution is -0.148. The van der Waals surface area contributed by atoms with Gasteiger partial charge in [0.25, 0.3) is 5.91 Å². The van der Waals surface area contributed by atoms with E-state index in [1.54, 1.807) is 27.7 Å². The molecule has 8 heteroatoms. The maximum absolute atomic E-state index is 14.2. The van der Waals surface area contributed by atoms with Crippen LogP contribution in [0.2, 0.25) is 10.0 Å². The van der Waals surface area contributed by atoms with Crippen LogP contribution < -0.4 is 0 Å². The normalized spacial score (nSPS) is 12.4. The van der Waals surface area contributed by atoms with Gasteiger partial charge in [0.2, 0.25) is 0 Å². The average molecular weight is 452 g/mol. The Labute approximate surface area is 183 Å². The van der Waals surface area contributed by atoms with Crippen molar-refractivity contribution in [2.24, 2.45) is 0 Å². The van der Waals surface area contributed by atoms with Crippen molar-refractivity contribution >= 4 is 46.0 Å². The van der Waals surface area contributed by atoms with Gasteiger partial charge in [-0.15, -0.1) is 0 Å². The summed E-state index contributed by atoms with van der Waals surface area (Å²) in [4.78, 5) is 25.8. The number of carbonyl (C=O) groups excluding carboxylic acids is 2. The third-order valence-electron chi connectivity index (χ3n) is 4.83. The minimum atomic E-state index is -0.882. The van der Waals surface area contributed by atoms with Crippen LogP contribution >= 0.6 is 23.2 Å². The van der Waals surface area contributed by atoms with E-state index in [0.29, 0.717) is 21.7 Å². The van der Waals surface area contributed by atoms with Gasteiger partial charge in [-0.25, -0.2) is 4.39 Å². The van der Waals surface area contributed by atoms with Gasteiger partial charge in [-0.3, -0.25) is 14.2 Å². The fraction of sp³-hybridized carbons (Fsp3) is 0.273. The van der Waals surface area contributed by atoms with E-state index in [2.05, 4.69) is 0 Å². The van der Waals surface area contributed by atoms with E-state index in [4.69, 9.17) is 27.9 Å². The second-order valence-electron chi connectivity index (χ2n) is 7.30. The van der Waals surface area contributed by atoms with Crippen LogP contribution in [0.1, 0.15) is 48.3 Å². The van der Waals surface area contributed by atoms with Crippen molar-refractivity contribution in [1.29, 1.82) is 0 Å². The molecule has 0 fully saturated rings. The smallest absolute Gasteiger partial charge is 0.313 e. The van der Waals surface area contributed by atoms with E-state index in [1.165, 1.54) is 28.8 Å². The zero-order valence-electron chi connectivity index (χ0n) is 16.8. The van der Waals surface area contributed by atoms with E-state index in [9.17, 15) is 19.1 Å². The molecule has 1 aromatic heterocycles. The summed E-state index contributed by atoms with van der Waals surface area (Å²) in [6.45, 7) is 6.76.